The van der Waals surface area contributed by atoms with E-state index in [0.717, 1.165) is 22.4 Å². The maximum absolute atomic E-state index is 5.57. The second-order valence-electron chi connectivity index (χ2n) is 3.56. The lowest BCUT2D eigenvalue weighted by molar-refractivity contribution is 0.113. The van der Waals surface area contributed by atoms with Crippen molar-refractivity contribution in [2.45, 2.75) is 19.6 Å². The van der Waals surface area contributed by atoms with E-state index in [4.69, 9.17) is 10.5 Å². The minimum Gasteiger partial charge on any atom is -0.374 e. The van der Waals surface area contributed by atoms with Crippen LogP contribution in [0.3, 0.4) is 0 Å². The Balaban J connectivity index is 2.46. The van der Waals surface area contributed by atoms with Crippen LogP contribution < -0.4 is 5.73 Å². The molecule has 2 aromatic rings. The van der Waals surface area contributed by atoms with Gasteiger partial charge in [0.2, 0.25) is 0 Å². The van der Waals surface area contributed by atoms with Crippen molar-refractivity contribution in [3.05, 3.63) is 29.6 Å². The number of nitrogens with zero attached hydrogens (tertiary/aromatic N) is 1. The van der Waals surface area contributed by atoms with Gasteiger partial charge in [-0.25, -0.2) is 4.98 Å². The van der Waals surface area contributed by atoms with Gasteiger partial charge in [0, 0.05) is 13.7 Å². The Bertz CT molecular complexity index is 464. The molecular formula is C11H15N3O. The molecule has 0 aliphatic carbocycles. The van der Waals surface area contributed by atoms with Crippen molar-refractivity contribution >= 4 is 11.0 Å². The van der Waals surface area contributed by atoms with E-state index in [1.807, 2.05) is 25.1 Å². The van der Waals surface area contributed by atoms with Gasteiger partial charge >= 0.3 is 0 Å². The smallest absolute Gasteiger partial charge is 0.136 e. The van der Waals surface area contributed by atoms with Gasteiger partial charge in [0.15, 0.2) is 0 Å². The van der Waals surface area contributed by atoms with Gasteiger partial charge in [-0.2, -0.15) is 0 Å². The van der Waals surface area contributed by atoms with Crippen LogP contribution in [0.1, 0.15) is 24.4 Å². The molecule has 1 heterocycles. The Morgan fingerprint density at radius 2 is 2.33 bits per heavy atom. The standard InChI is InChI=1S/C11H15N3O/c1-7(15-2)11-13-9-4-3-8(6-12)5-10(9)14-11/h3-5,7H,6,12H2,1-2H3,(H,13,14). The number of methoxy groups -OCH3 is 1. The van der Waals surface area contributed by atoms with Gasteiger partial charge in [-0.3, -0.25) is 0 Å². The molecule has 0 fully saturated rings. The zero-order chi connectivity index (χ0) is 10.8. The largest absolute Gasteiger partial charge is 0.374 e. The fourth-order valence-electron chi connectivity index (χ4n) is 1.51. The summed E-state index contributed by atoms with van der Waals surface area (Å²) in [7, 11) is 1.67. The number of rotatable bonds is 3. The van der Waals surface area contributed by atoms with Crippen LogP contribution in [0, 0.1) is 0 Å². The summed E-state index contributed by atoms with van der Waals surface area (Å²) < 4.78 is 5.20. The fourth-order valence-corrected chi connectivity index (χ4v) is 1.51. The number of aromatic amines is 1. The molecule has 0 aliphatic heterocycles. The lowest BCUT2D eigenvalue weighted by Crippen LogP contribution is -1.97. The Morgan fingerprint density at radius 3 is 3.00 bits per heavy atom. The van der Waals surface area contributed by atoms with Crippen molar-refractivity contribution in [3.8, 4) is 0 Å². The molecule has 1 aromatic carbocycles. The summed E-state index contributed by atoms with van der Waals surface area (Å²) in [5.41, 5.74) is 8.64. The SMILES string of the molecule is COC(C)c1nc2ccc(CN)cc2[nH]1. The summed E-state index contributed by atoms with van der Waals surface area (Å²) in [6.07, 6.45) is -0.0151. The molecule has 80 valence electrons. The maximum Gasteiger partial charge on any atom is 0.136 e. The number of nitrogens with two attached hydrogens (primary N) is 1. The first kappa shape index (κ1) is 10.1. The van der Waals surface area contributed by atoms with Crippen LogP contribution in [0.2, 0.25) is 0 Å². The number of benzene rings is 1. The first-order valence-electron chi connectivity index (χ1n) is 4.96. The van der Waals surface area contributed by atoms with Crippen LogP contribution in [0.25, 0.3) is 11.0 Å². The van der Waals surface area contributed by atoms with Gasteiger partial charge < -0.3 is 15.5 Å². The summed E-state index contributed by atoms with van der Waals surface area (Å²) in [6.45, 7) is 2.51. The van der Waals surface area contributed by atoms with Crippen LogP contribution in [0.4, 0.5) is 0 Å². The monoisotopic (exact) mass is 205 g/mol. The van der Waals surface area contributed by atoms with E-state index in [-0.39, 0.29) is 6.10 Å². The van der Waals surface area contributed by atoms with E-state index in [1.165, 1.54) is 0 Å². The molecule has 0 saturated heterocycles. The zero-order valence-electron chi connectivity index (χ0n) is 8.95. The number of ether oxygens (including phenoxy) is 1. The van der Waals surface area contributed by atoms with E-state index >= 15 is 0 Å². The van der Waals surface area contributed by atoms with E-state index in [0.29, 0.717) is 6.54 Å². The molecule has 1 unspecified atom stereocenters. The molecule has 4 nitrogen and oxygen atoms in total. The highest BCUT2D eigenvalue weighted by Crippen LogP contribution is 2.18. The van der Waals surface area contributed by atoms with Gasteiger partial charge in [0.25, 0.3) is 0 Å². The number of hydrogen-bond acceptors (Lipinski definition) is 3. The third-order valence-electron chi connectivity index (χ3n) is 2.54. The maximum atomic E-state index is 5.57. The number of imidazole rings is 1. The van der Waals surface area contributed by atoms with Gasteiger partial charge in [0.1, 0.15) is 11.9 Å². The van der Waals surface area contributed by atoms with Crippen LogP contribution in [-0.4, -0.2) is 17.1 Å². The minimum absolute atomic E-state index is 0.0151. The third-order valence-corrected chi connectivity index (χ3v) is 2.54. The zero-order valence-corrected chi connectivity index (χ0v) is 8.95. The van der Waals surface area contributed by atoms with Gasteiger partial charge in [0.05, 0.1) is 11.0 Å². The Morgan fingerprint density at radius 1 is 1.53 bits per heavy atom. The molecule has 4 heteroatoms. The van der Waals surface area contributed by atoms with Crippen molar-refractivity contribution in [1.29, 1.82) is 0 Å². The molecule has 1 atom stereocenters. The minimum atomic E-state index is -0.0151. The average molecular weight is 205 g/mol. The molecule has 0 bridgehead atoms. The molecule has 3 N–H and O–H groups in total. The highest BCUT2D eigenvalue weighted by molar-refractivity contribution is 5.75. The average Bonchev–Trinajstić information content (AvgIpc) is 2.70. The predicted octanol–water partition coefficient (Wildman–Crippen LogP) is 1.73. The lowest BCUT2D eigenvalue weighted by atomic mass is 10.2. The Kier molecular flexibility index (Phi) is 2.70. The summed E-state index contributed by atoms with van der Waals surface area (Å²) in [5.74, 6) is 0.849. The third kappa shape index (κ3) is 1.86. The predicted molar refractivity (Wildman–Crippen MR) is 59.4 cm³/mol. The van der Waals surface area contributed by atoms with Crippen LogP contribution in [0.5, 0.6) is 0 Å². The highest BCUT2D eigenvalue weighted by Gasteiger charge is 2.09. The fraction of sp³-hybridized carbons (Fsp3) is 0.364. The van der Waals surface area contributed by atoms with Crippen molar-refractivity contribution < 1.29 is 4.74 Å². The van der Waals surface area contributed by atoms with Crippen LogP contribution in [0.15, 0.2) is 18.2 Å². The molecule has 0 amide bonds. The summed E-state index contributed by atoms with van der Waals surface area (Å²) in [4.78, 5) is 7.67. The van der Waals surface area contributed by atoms with Crippen LogP contribution in [-0.2, 0) is 11.3 Å². The first-order chi connectivity index (χ1) is 7.24. The van der Waals surface area contributed by atoms with Crippen molar-refractivity contribution in [2.75, 3.05) is 7.11 Å². The van der Waals surface area contributed by atoms with E-state index in [2.05, 4.69) is 9.97 Å². The van der Waals surface area contributed by atoms with Gasteiger partial charge in [-0.05, 0) is 24.6 Å². The molecule has 0 saturated carbocycles. The second kappa shape index (κ2) is 4.00. The Labute approximate surface area is 88.5 Å². The lowest BCUT2D eigenvalue weighted by Gasteiger charge is -2.03. The Hall–Kier alpha value is -1.39. The molecule has 15 heavy (non-hydrogen) atoms. The number of fused-ring (bicyclic) bond motifs is 1. The number of H-pyrrole nitrogens is 1. The molecule has 2 rings (SSSR count). The normalized spacial score (nSPS) is 13.3. The van der Waals surface area contributed by atoms with Crippen molar-refractivity contribution in [2.24, 2.45) is 5.73 Å². The number of hydrogen-bond donors (Lipinski definition) is 2. The molecule has 0 radical (unpaired) electrons. The van der Waals surface area contributed by atoms with Crippen molar-refractivity contribution in [3.63, 3.8) is 0 Å². The van der Waals surface area contributed by atoms with Crippen molar-refractivity contribution in [1.82, 2.24) is 9.97 Å². The van der Waals surface area contributed by atoms with E-state index in [9.17, 15) is 0 Å². The van der Waals surface area contributed by atoms with Gasteiger partial charge in [-0.1, -0.05) is 6.07 Å². The van der Waals surface area contributed by atoms with Crippen LogP contribution >= 0.6 is 0 Å². The topological polar surface area (TPSA) is 63.9 Å². The number of nitrogens with one attached hydrogen (secondary N) is 1. The molecular weight excluding hydrogens is 190 g/mol. The van der Waals surface area contributed by atoms with E-state index in [1.54, 1.807) is 7.11 Å². The first-order valence-corrected chi connectivity index (χ1v) is 4.96. The van der Waals surface area contributed by atoms with E-state index < -0.39 is 0 Å². The summed E-state index contributed by atoms with van der Waals surface area (Å²) >= 11 is 0. The molecule has 0 aliphatic rings. The number of aromatic nitrogens is 2. The summed E-state index contributed by atoms with van der Waals surface area (Å²) in [5, 5.41) is 0. The molecule has 1 aromatic heterocycles. The summed E-state index contributed by atoms with van der Waals surface area (Å²) in [6, 6.07) is 5.98. The quantitative estimate of drug-likeness (QED) is 0.802. The highest BCUT2D eigenvalue weighted by atomic mass is 16.5. The van der Waals surface area contributed by atoms with Gasteiger partial charge in [-0.15, -0.1) is 0 Å². The second-order valence-corrected chi connectivity index (χ2v) is 3.56. The molecule has 0 spiro atoms.